The average Bonchev–Trinajstić information content (AvgIpc) is 3.55. The van der Waals surface area contributed by atoms with Gasteiger partial charge in [-0.3, -0.25) is 9.59 Å². The second-order valence-corrected chi connectivity index (χ2v) is 9.00. The lowest BCUT2D eigenvalue weighted by molar-refractivity contribution is -0.130. The smallest absolute Gasteiger partial charge is 0.259 e. The zero-order chi connectivity index (χ0) is 22.6. The standard InChI is InChI=1S/C21H25N3O6S/c1-24(2)20(25)13-30-17-9-7-15(8-10-17)22-21(26)14-4-11-18(29-3)19(12-14)31(27,28)23-16-5-6-16/h4,7-12,16,23H,5-6,13H2,1-3H3,(H,22,26). The predicted molar refractivity (Wildman–Crippen MR) is 115 cm³/mol. The largest absolute Gasteiger partial charge is 0.495 e. The zero-order valence-corrected chi connectivity index (χ0v) is 18.4. The van der Waals surface area contributed by atoms with Crippen molar-refractivity contribution in [2.24, 2.45) is 0 Å². The first-order valence-electron chi connectivity index (χ1n) is 9.64. The number of anilines is 1. The molecule has 0 heterocycles. The summed E-state index contributed by atoms with van der Waals surface area (Å²) in [7, 11) is 0.862. The molecule has 3 rings (SSSR count). The van der Waals surface area contributed by atoms with Crippen LogP contribution in [0.25, 0.3) is 0 Å². The first-order chi connectivity index (χ1) is 14.7. The van der Waals surface area contributed by atoms with Gasteiger partial charge in [-0.2, -0.15) is 0 Å². The molecule has 1 aliphatic rings. The van der Waals surface area contributed by atoms with Crippen LogP contribution in [0.3, 0.4) is 0 Å². The molecule has 1 aliphatic carbocycles. The van der Waals surface area contributed by atoms with Crippen LogP contribution in [-0.2, 0) is 14.8 Å². The quantitative estimate of drug-likeness (QED) is 0.607. The Labute approximate surface area is 181 Å². The van der Waals surface area contributed by atoms with Crippen LogP contribution in [0.2, 0.25) is 0 Å². The van der Waals surface area contributed by atoms with Crippen molar-refractivity contribution in [1.29, 1.82) is 0 Å². The molecule has 0 bridgehead atoms. The molecular formula is C21H25N3O6S. The van der Waals surface area contributed by atoms with Gasteiger partial charge in [0, 0.05) is 31.4 Å². The summed E-state index contributed by atoms with van der Waals surface area (Å²) in [6.07, 6.45) is 1.59. The SMILES string of the molecule is COc1ccc(C(=O)Nc2ccc(OCC(=O)N(C)C)cc2)cc1S(=O)(=O)NC1CC1. The number of benzene rings is 2. The average molecular weight is 448 g/mol. The molecule has 10 heteroatoms. The molecule has 0 saturated heterocycles. The van der Waals surface area contributed by atoms with Gasteiger partial charge in [-0.15, -0.1) is 0 Å². The van der Waals surface area contributed by atoms with Crippen LogP contribution in [0.15, 0.2) is 47.4 Å². The van der Waals surface area contributed by atoms with Crippen LogP contribution in [0.1, 0.15) is 23.2 Å². The van der Waals surface area contributed by atoms with E-state index in [2.05, 4.69) is 10.0 Å². The normalized spacial score (nSPS) is 13.4. The number of likely N-dealkylation sites (N-methyl/N-ethyl adjacent to an activating group) is 1. The lowest BCUT2D eigenvalue weighted by atomic mass is 10.2. The van der Waals surface area contributed by atoms with Gasteiger partial charge in [0.15, 0.2) is 6.61 Å². The van der Waals surface area contributed by atoms with Gasteiger partial charge in [0.1, 0.15) is 16.4 Å². The van der Waals surface area contributed by atoms with Crippen molar-refractivity contribution in [3.63, 3.8) is 0 Å². The fourth-order valence-electron chi connectivity index (χ4n) is 2.62. The number of amides is 2. The molecule has 2 amide bonds. The Morgan fingerprint density at radius 1 is 1.10 bits per heavy atom. The van der Waals surface area contributed by atoms with Crippen molar-refractivity contribution in [2.45, 2.75) is 23.8 Å². The molecule has 0 spiro atoms. The van der Waals surface area contributed by atoms with E-state index in [1.165, 1.54) is 30.2 Å². The van der Waals surface area contributed by atoms with Gasteiger partial charge in [0.05, 0.1) is 7.11 Å². The number of rotatable bonds is 9. The summed E-state index contributed by atoms with van der Waals surface area (Å²) in [5, 5.41) is 2.71. The number of carbonyl (C=O) groups excluding carboxylic acids is 2. The third-order valence-electron chi connectivity index (χ3n) is 4.59. The summed E-state index contributed by atoms with van der Waals surface area (Å²) >= 11 is 0. The van der Waals surface area contributed by atoms with Gasteiger partial charge in [-0.05, 0) is 55.3 Å². The van der Waals surface area contributed by atoms with Gasteiger partial charge < -0.3 is 19.7 Å². The number of methoxy groups -OCH3 is 1. The van der Waals surface area contributed by atoms with E-state index in [1.54, 1.807) is 38.4 Å². The van der Waals surface area contributed by atoms with E-state index in [0.717, 1.165) is 12.8 Å². The monoisotopic (exact) mass is 447 g/mol. The summed E-state index contributed by atoms with van der Waals surface area (Å²) in [6, 6.07) is 10.7. The first-order valence-corrected chi connectivity index (χ1v) is 11.1. The second-order valence-electron chi connectivity index (χ2n) is 7.32. The zero-order valence-electron chi connectivity index (χ0n) is 17.5. The van der Waals surface area contributed by atoms with Crippen molar-refractivity contribution >= 4 is 27.5 Å². The number of ether oxygens (including phenoxy) is 2. The van der Waals surface area contributed by atoms with E-state index in [0.29, 0.717) is 11.4 Å². The minimum atomic E-state index is -3.80. The minimum Gasteiger partial charge on any atom is -0.495 e. The molecule has 166 valence electrons. The molecule has 2 aromatic carbocycles. The Bertz CT molecular complexity index is 1060. The van der Waals surface area contributed by atoms with Crippen molar-refractivity contribution in [1.82, 2.24) is 9.62 Å². The Hall–Kier alpha value is -3.11. The van der Waals surface area contributed by atoms with Gasteiger partial charge in [-0.1, -0.05) is 0 Å². The minimum absolute atomic E-state index is 0.0686. The summed E-state index contributed by atoms with van der Waals surface area (Å²) < 4.78 is 38.4. The molecule has 0 atom stereocenters. The Morgan fingerprint density at radius 2 is 1.77 bits per heavy atom. The maximum absolute atomic E-state index is 12.7. The number of hydrogen-bond acceptors (Lipinski definition) is 6. The van der Waals surface area contributed by atoms with Crippen molar-refractivity contribution in [3.8, 4) is 11.5 Å². The van der Waals surface area contributed by atoms with Crippen LogP contribution in [0.5, 0.6) is 11.5 Å². The molecule has 0 aromatic heterocycles. The van der Waals surface area contributed by atoms with Gasteiger partial charge >= 0.3 is 0 Å². The van der Waals surface area contributed by atoms with Crippen LogP contribution in [-0.4, -0.2) is 59.0 Å². The first kappa shape index (κ1) is 22.6. The van der Waals surface area contributed by atoms with E-state index in [4.69, 9.17) is 9.47 Å². The Kier molecular flexibility index (Phi) is 6.81. The summed E-state index contributed by atoms with van der Waals surface area (Å²) in [4.78, 5) is 25.6. The fourth-order valence-corrected chi connectivity index (χ4v) is 4.12. The molecule has 31 heavy (non-hydrogen) atoms. The summed E-state index contributed by atoms with van der Waals surface area (Å²) in [5.74, 6) is 0.0106. The van der Waals surface area contributed by atoms with Crippen LogP contribution in [0.4, 0.5) is 5.69 Å². The van der Waals surface area contributed by atoms with Crippen molar-refractivity contribution < 1.29 is 27.5 Å². The molecule has 1 saturated carbocycles. The highest BCUT2D eigenvalue weighted by Crippen LogP contribution is 2.28. The van der Waals surface area contributed by atoms with E-state index in [1.807, 2.05) is 0 Å². The highest BCUT2D eigenvalue weighted by molar-refractivity contribution is 7.89. The summed E-state index contributed by atoms with van der Waals surface area (Å²) in [6.45, 7) is -0.0866. The van der Waals surface area contributed by atoms with E-state index >= 15 is 0 Å². The third kappa shape index (κ3) is 5.96. The van der Waals surface area contributed by atoms with E-state index in [-0.39, 0.29) is 34.8 Å². The predicted octanol–water partition coefficient (Wildman–Crippen LogP) is 1.86. The Morgan fingerprint density at radius 3 is 2.35 bits per heavy atom. The summed E-state index contributed by atoms with van der Waals surface area (Å²) in [5.41, 5.74) is 0.668. The number of nitrogens with one attached hydrogen (secondary N) is 2. The van der Waals surface area contributed by atoms with Crippen molar-refractivity contribution in [3.05, 3.63) is 48.0 Å². The molecule has 0 aliphatic heterocycles. The lowest BCUT2D eigenvalue weighted by Gasteiger charge is -2.13. The van der Waals surface area contributed by atoms with Crippen LogP contribution in [0, 0.1) is 0 Å². The van der Waals surface area contributed by atoms with Crippen molar-refractivity contribution in [2.75, 3.05) is 33.1 Å². The van der Waals surface area contributed by atoms with Gasteiger partial charge in [0.25, 0.3) is 11.8 Å². The van der Waals surface area contributed by atoms with E-state index < -0.39 is 15.9 Å². The van der Waals surface area contributed by atoms with Crippen LogP contribution >= 0.6 is 0 Å². The number of hydrogen-bond donors (Lipinski definition) is 2. The maximum Gasteiger partial charge on any atom is 0.259 e. The topological polar surface area (TPSA) is 114 Å². The van der Waals surface area contributed by atoms with Crippen LogP contribution < -0.4 is 19.5 Å². The molecular weight excluding hydrogens is 422 g/mol. The number of nitrogens with zero attached hydrogens (tertiary/aromatic N) is 1. The highest BCUT2D eigenvalue weighted by Gasteiger charge is 2.30. The lowest BCUT2D eigenvalue weighted by Crippen LogP contribution is -2.27. The number of sulfonamides is 1. The molecule has 9 nitrogen and oxygen atoms in total. The Balaban J connectivity index is 1.70. The second kappa shape index (κ2) is 9.36. The molecule has 0 unspecified atom stereocenters. The van der Waals surface area contributed by atoms with Gasteiger partial charge in [0.2, 0.25) is 10.0 Å². The fraction of sp³-hybridized carbons (Fsp3) is 0.333. The number of carbonyl (C=O) groups is 2. The molecule has 1 fully saturated rings. The third-order valence-corrected chi connectivity index (χ3v) is 6.13. The molecule has 2 N–H and O–H groups in total. The maximum atomic E-state index is 12.7. The molecule has 0 radical (unpaired) electrons. The molecule has 2 aromatic rings. The highest BCUT2D eigenvalue weighted by atomic mass is 32.2. The van der Waals surface area contributed by atoms with E-state index in [9.17, 15) is 18.0 Å². The van der Waals surface area contributed by atoms with Gasteiger partial charge in [-0.25, -0.2) is 13.1 Å².